The fourth-order valence-electron chi connectivity index (χ4n) is 3.83. The Morgan fingerprint density at radius 1 is 1.33 bits per heavy atom. The number of anilines is 1. The first-order valence-corrected chi connectivity index (χ1v) is 9.35. The smallest absolute Gasteiger partial charge is 0.234 e. The molecule has 2 N–H and O–H groups in total. The number of nitrogens with zero attached hydrogens (tertiary/aromatic N) is 2. The van der Waals surface area contributed by atoms with Gasteiger partial charge in [0.25, 0.3) is 0 Å². The molecule has 0 spiro atoms. The number of fused-ring (bicyclic) bond motifs is 1. The summed E-state index contributed by atoms with van der Waals surface area (Å²) in [5.74, 6) is 0.0127. The highest BCUT2D eigenvalue weighted by atomic mass is 35.5. The van der Waals surface area contributed by atoms with Crippen LogP contribution in [0, 0.1) is 5.41 Å². The van der Waals surface area contributed by atoms with Crippen LogP contribution in [0.25, 0.3) is 0 Å². The molecule has 6 nitrogen and oxygen atoms in total. The third kappa shape index (κ3) is 4.24. The van der Waals surface area contributed by atoms with E-state index in [1.807, 2.05) is 12.1 Å². The molecule has 1 saturated heterocycles. The van der Waals surface area contributed by atoms with E-state index in [2.05, 4.69) is 0 Å². The summed E-state index contributed by atoms with van der Waals surface area (Å²) in [6, 6.07) is 5.53. The molecule has 0 saturated carbocycles. The molecule has 1 atom stereocenters. The minimum atomic E-state index is -0.588. The third-order valence-corrected chi connectivity index (χ3v) is 5.82. The molecule has 0 aromatic heterocycles. The Kier molecular flexibility index (Phi) is 7.14. The molecule has 1 fully saturated rings. The molecular weight excluding hydrogens is 389 g/mol. The van der Waals surface area contributed by atoms with Gasteiger partial charge in [-0.2, -0.15) is 0 Å². The van der Waals surface area contributed by atoms with Gasteiger partial charge in [-0.25, -0.2) is 0 Å². The Morgan fingerprint density at radius 2 is 2.00 bits per heavy atom. The SMILES string of the molecule is CN(C)C(=O)CC1CN(C(=O)C2(CN)CCOCC2)c2ccc(Cl)cc21.Cl. The number of halogens is 2. The van der Waals surface area contributed by atoms with Crippen molar-refractivity contribution < 1.29 is 14.3 Å². The van der Waals surface area contributed by atoms with Gasteiger partial charge in [0, 0.05) is 63.4 Å². The molecular formula is C19H27Cl2N3O3. The number of carbonyl (C=O) groups excluding carboxylic acids is 2. The molecule has 2 amide bonds. The first-order valence-electron chi connectivity index (χ1n) is 8.97. The summed E-state index contributed by atoms with van der Waals surface area (Å²) in [5.41, 5.74) is 7.23. The second-order valence-electron chi connectivity index (χ2n) is 7.40. The highest BCUT2D eigenvalue weighted by Gasteiger charge is 2.45. The van der Waals surface area contributed by atoms with E-state index in [1.54, 1.807) is 30.0 Å². The van der Waals surface area contributed by atoms with Crippen LogP contribution in [0.5, 0.6) is 0 Å². The van der Waals surface area contributed by atoms with E-state index in [0.717, 1.165) is 11.3 Å². The Balaban J connectivity index is 0.00000261. The number of amides is 2. The van der Waals surface area contributed by atoms with Crippen molar-refractivity contribution in [3.05, 3.63) is 28.8 Å². The van der Waals surface area contributed by atoms with Crippen molar-refractivity contribution in [2.45, 2.75) is 25.2 Å². The second kappa shape index (κ2) is 8.78. The maximum absolute atomic E-state index is 13.4. The van der Waals surface area contributed by atoms with E-state index in [9.17, 15) is 9.59 Å². The largest absolute Gasteiger partial charge is 0.381 e. The van der Waals surface area contributed by atoms with Crippen molar-refractivity contribution in [2.75, 3.05) is 45.3 Å². The molecule has 0 radical (unpaired) electrons. The number of benzene rings is 1. The number of hydrogen-bond acceptors (Lipinski definition) is 4. The van der Waals surface area contributed by atoms with Gasteiger partial charge in [-0.15, -0.1) is 12.4 Å². The summed E-state index contributed by atoms with van der Waals surface area (Å²) >= 11 is 6.18. The number of hydrogen-bond donors (Lipinski definition) is 1. The minimum absolute atomic E-state index is 0. The van der Waals surface area contributed by atoms with Gasteiger partial charge in [0.15, 0.2) is 0 Å². The van der Waals surface area contributed by atoms with Crippen LogP contribution < -0.4 is 10.6 Å². The van der Waals surface area contributed by atoms with E-state index in [4.69, 9.17) is 22.1 Å². The third-order valence-electron chi connectivity index (χ3n) is 5.58. The average molecular weight is 416 g/mol. The lowest BCUT2D eigenvalue weighted by molar-refractivity contribution is -0.133. The molecule has 1 aromatic carbocycles. The zero-order valence-electron chi connectivity index (χ0n) is 15.7. The van der Waals surface area contributed by atoms with Crippen LogP contribution >= 0.6 is 24.0 Å². The van der Waals surface area contributed by atoms with Crippen LogP contribution in [0.3, 0.4) is 0 Å². The monoisotopic (exact) mass is 415 g/mol. The Morgan fingerprint density at radius 3 is 2.59 bits per heavy atom. The quantitative estimate of drug-likeness (QED) is 0.818. The van der Waals surface area contributed by atoms with Crippen molar-refractivity contribution in [3.63, 3.8) is 0 Å². The topological polar surface area (TPSA) is 75.9 Å². The summed E-state index contributed by atoms with van der Waals surface area (Å²) < 4.78 is 5.43. The zero-order chi connectivity index (χ0) is 18.9. The molecule has 3 rings (SSSR count). The first-order chi connectivity index (χ1) is 12.4. The van der Waals surface area contributed by atoms with Crippen LogP contribution in [-0.2, 0) is 14.3 Å². The van der Waals surface area contributed by atoms with E-state index < -0.39 is 5.41 Å². The number of ether oxygens (including phenoxy) is 1. The Bertz CT molecular complexity index is 705. The van der Waals surface area contributed by atoms with E-state index in [-0.39, 0.29) is 30.1 Å². The molecule has 1 unspecified atom stereocenters. The maximum atomic E-state index is 13.4. The molecule has 2 heterocycles. The standard InChI is InChI=1S/C19H26ClN3O3.ClH/c1-22(2)17(24)9-13-11-23(16-4-3-14(20)10-15(13)16)18(25)19(12-21)5-7-26-8-6-19;/h3-4,10,13H,5-9,11-12,21H2,1-2H3;1H. The molecule has 2 aliphatic heterocycles. The van der Waals surface area contributed by atoms with Gasteiger partial charge in [0.1, 0.15) is 0 Å². The van der Waals surface area contributed by atoms with Crippen LogP contribution in [0.4, 0.5) is 5.69 Å². The van der Waals surface area contributed by atoms with Crippen LogP contribution in [-0.4, -0.2) is 57.1 Å². The first kappa shape index (κ1) is 22.0. The van der Waals surface area contributed by atoms with Gasteiger partial charge in [-0.3, -0.25) is 9.59 Å². The van der Waals surface area contributed by atoms with Crippen molar-refractivity contribution in [1.82, 2.24) is 4.90 Å². The molecule has 2 aliphatic rings. The van der Waals surface area contributed by atoms with E-state index in [1.165, 1.54) is 0 Å². The van der Waals surface area contributed by atoms with Crippen LogP contribution in [0.1, 0.15) is 30.7 Å². The molecule has 8 heteroatoms. The fraction of sp³-hybridized carbons (Fsp3) is 0.579. The predicted octanol–water partition coefficient (Wildman–Crippen LogP) is 2.43. The summed E-state index contributed by atoms with van der Waals surface area (Å²) in [6.07, 6.45) is 1.61. The van der Waals surface area contributed by atoms with Crippen LogP contribution in [0.15, 0.2) is 18.2 Å². The number of carbonyl (C=O) groups is 2. The molecule has 1 aromatic rings. The van der Waals surface area contributed by atoms with Crippen molar-refractivity contribution in [3.8, 4) is 0 Å². The van der Waals surface area contributed by atoms with Gasteiger partial charge in [-0.1, -0.05) is 11.6 Å². The second-order valence-corrected chi connectivity index (χ2v) is 7.84. The average Bonchev–Trinajstić information content (AvgIpc) is 2.99. The highest BCUT2D eigenvalue weighted by Crippen LogP contribution is 2.43. The van der Waals surface area contributed by atoms with Crippen molar-refractivity contribution in [1.29, 1.82) is 0 Å². The zero-order valence-corrected chi connectivity index (χ0v) is 17.3. The van der Waals surface area contributed by atoms with E-state index >= 15 is 0 Å². The lowest BCUT2D eigenvalue weighted by Gasteiger charge is -2.38. The lowest BCUT2D eigenvalue weighted by atomic mass is 9.79. The van der Waals surface area contributed by atoms with Crippen molar-refractivity contribution in [2.24, 2.45) is 11.1 Å². The van der Waals surface area contributed by atoms with E-state index in [0.29, 0.717) is 50.6 Å². The fourth-order valence-corrected chi connectivity index (χ4v) is 4.01. The molecule has 150 valence electrons. The Labute approximate surface area is 171 Å². The molecule has 0 aliphatic carbocycles. The van der Waals surface area contributed by atoms with Gasteiger partial charge < -0.3 is 20.3 Å². The van der Waals surface area contributed by atoms with Gasteiger partial charge in [-0.05, 0) is 36.6 Å². The summed E-state index contributed by atoms with van der Waals surface area (Å²) in [5, 5.41) is 0.611. The van der Waals surface area contributed by atoms with Gasteiger partial charge in [0.05, 0.1) is 5.41 Å². The molecule has 0 bridgehead atoms. The summed E-state index contributed by atoms with van der Waals surface area (Å²) in [6.45, 7) is 1.88. The normalized spacial score (nSPS) is 20.6. The number of nitrogens with two attached hydrogens (primary N) is 1. The van der Waals surface area contributed by atoms with Crippen LogP contribution in [0.2, 0.25) is 5.02 Å². The summed E-state index contributed by atoms with van der Waals surface area (Å²) in [7, 11) is 3.48. The maximum Gasteiger partial charge on any atom is 0.234 e. The highest BCUT2D eigenvalue weighted by molar-refractivity contribution is 6.30. The van der Waals surface area contributed by atoms with Gasteiger partial charge in [0.2, 0.25) is 11.8 Å². The van der Waals surface area contributed by atoms with Crippen molar-refractivity contribution >= 4 is 41.5 Å². The summed E-state index contributed by atoms with van der Waals surface area (Å²) in [4.78, 5) is 29.1. The lowest BCUT2D eigenvalue weighted by Crippen LogP contribution is -2.50. The predicted molar refractivity (Wildman–Crippen MR) is 109 cm³/mol. The van der Waals surface area contributed by atoms with Gasteiger partial charge >= 0.3 is 0 Å². The Hall–Kier alpha value is -1.34. The minimum Gasteiger partial charge on any atom is -0.381 e. The number of rotatable bonds is 4. The molecule has 27 heavy (non-hydrogen) atoms.